The Morgan fingerprint density at radius 3 is 1.00 bits per heavy atom. The van der Waals surface area contributed by atoms with Crippen molar-refractivity contribution in [3.8, 4) is 0 Å². The van der Waals surface area contributed by atoms with Gasteiger partial charge in [0.05, 0.1) is 0 Å². The second-order valence-corrected chi connectivity index (χ2v) is 46.9. The van der Waals surface area contributed by atoms with Crippen molar-refractivity contribution in [2.45, 2.75) is 58.2 Å². The molecule has 0 bridgehead atoms. The lowest BCUT2D eigenvalue weighted by Crippen LogP contribution is -2.56. The zero-order valence-corrected chi connectivity index (χ0v) is 18.3. The van der Waals surface area contributed by atoms with Crippen molar-refractivity contribution >= 4 is 73.1 Å². The van der Waals surface area contributed by atoms with Crippen LogP contribution in [-0.4, -0.2) is 7.67 Å². The van der Waals surface area contributed by atoms with Gasteiger partial charge in [-0.1, -0.05) is 41.5 Å². The minimum absolute atomic E-state index is 0.900. The highest BCUT2D eigenvalue weighted by Crippen LogP contribution is 2.55. The van der Waals surface area contributed by atoms with Crippen LogP contribution >= 0.6 is 65.4 Å². The Morgan fingerprint density at radius 2 is 0.929 bits per heavy atom. The van der Waals surface area contributed by atoms with Crippen LogP contribution in [0.15, 0.2) is 0 Å². The molecule has 0 aromatic carbocycles. The second-order valence-electron chi connectivity index (χ2n) is 4.86. The highest BCUT2D eigenvalue weighted by Gasteiger charge is 2.56. The first kappa shape index (κ1) is 16.6. The molecule has 0 rings (SSSR count). The first-order valence-electron chi connectivity index (χ1n) is 5.15. The zero-order valence-electron chi connectivity index (χ0n) is 9.87. The summed E-state index contributed by atoms with van der Waals surface area (Å²) >= 11 is 8.61. The smallest absolute Gasteiger partial charge is 0.120 e. The number of hydrogen-bond acceptors (Lipinski definition) is 0. The molecule has 0 amide bonds. The predicted molar refractivity (Wildman–Crippen MR) is 98.9 cm³/mol. The normalized spacial score (nSPS) is 14.6. The van der Waals surface area contributed by atoms with Crippen LogP contribution in [0.25, 0.3) is 0 Å². The van der Waals surface area contributed by atoms with Gasteiger partial charge < -0.3 is 0 Å². The van der Waals surface area contributed by atoms with Crippen LogP contribution in [-0.2, 0) is 0 Å². The molecule has 14 heavy (non-hydrogen) atoms. The molecule has 0 aromatic rings. The molecule has 0 fully saturated rings. The van der Waals surface area contributed by atoms with Gasteiger partial charge >= 0.3 is 0 Å². The molecule has 0 aromatic heterocycles. The molecule has 0 heterocycles. The topological polar surface area (TPSA) is 0 Å². The third kappa shape index (κ3) is 3.09. The van der Waals surface area contributed by atoms with Crippen molar-refractivity contribution in [3.63, 3.8) is 0 Å². The van der Waals surface area contributed by atoms with Gasteiger partial charge in [0.1, 0.15) is 5.09 Å². The molecule has 0 nitrogen and oxygen atoms in total. The fourth-order valence-corrected chi connectivity index (χ4v) is 40.9. The van der Waals surface area contributed by atoms with Crippen molar-refractivity contribution in [2.75, 3.05) is 0 Å². The summed E-state index contributed by atoms with van der Waals surface area (Å²) in [7, 11) is 0. The Labute approximate surface area is 129 Å². The third-order valence-electron chi connectivity index (χ3n) is 2.92. The van der Waals surface area contributed by atoms with Gasteiger partial charge in [-0.25, -0.2) is 0 Å². The lowest BCUT2D eigenvalue weighted by atomic mass is 10.5. The monoisotopic (exact) mass is 566 g/mol. The summed E-state index contributed by atoms with van der Waals surface area (Å²) in [4.78, 5) is 0. The summed E-state index contributed by atoms with van der Waals surface area (Å²) in [6, 6.07) is 0. The highest BCUT2D eigenvalue weighted by molar-refractivity contribution is 14.3. The van der Waals surface area contributed by atoms with Gasteiger partial charge in [0.2, 0.25) is 0 Å². The summed E-state index contributed by atoms with van der Waals surface area (Å²) in [5, 5.41) is -1.11. The Hall–Kier alpha value is 2.62. The molecule has 0 atom stereocenters. The second kappa shape index (κ2) is 5.99. The SMILES string of the molecule is CC(C)[Si](I)(I)[Si](I)(C(C)C)C(C)C. The van der Waals surface area contributed by atoms with Crippen LogP contribution in [0.1, 0.15) is 41.5 Å². The van der Waals surface area contributed by atoms with Crippen LogP contribution in [0.3, 0.4) is 0 Å². The lowest BCUT2D eigenvalue weighted by molar-refractivity contribution is 0.947. The predicted octanol–water partition coefficient (Wildman–Crippen LogP) is 5.99. The van der Waals surface area contributed by atoms with Crippen LogP contribution in [0, 0.1) is 0 Å². The standard InChI is InChI=1S/C9H21I3Si2/c1-7(2)13(10,8(3)4)14(11,12)9(5)6/h7-9H,1-6H3. The molecule has 5 heteroatoms. The molecule has 0 saturated carbocycles. The maximum Gasteiger partial charge on any atom is 0.196 e. The number of halogens is 3. The number of hydrogen-bond donors (Lipinski definition) is 0. The Kier molecular flexibility index (Phi) is 7.11. The molecule has 0 aliphatic heterocycles. The summed E-state index contributed by atoms with van der Waals surface area (Å²) < 4.78 is -1.09. The summed E-state index contributed by atoms with van der Waals surface area (Å²) in [6.07, 6.45) is 0. The van der Waals surface area contributed by atoms with Crippen molar-refractivity contribution in [2.24, 2.45) is 0 Å². The quantitative estimate of drug-likeness (QED) is 0.223. The lowest BCUT2D eigenvalue weighted by Gasteiger charge is -2.44. The van der Waals surface area contributed by atoms with Crippen LogP contribution in [0.2, 0.25) is 16.6 Å². The molecule has 0 radical (unpaired) electrons. The van der Waals surface area contributed by atoms with Crippen LogP contribution in [0.4, 0.5) is 0 Å². The fraction of sp³-hybridized carbons (Fsp3) is 1.00. The van der Waals surface area contributed by atoms with Gasteiger partial charge in [-0.3, -0.25) is 0 Å². The maximum absolute atomic E-state index is 2.90. The first-order valence-corrected chi connectivity index (χ1v) is 19.7. The fourth-order valence-electron chi connectivity index (χ4n) is 1.88. The third-order valence-corrected chi connectivity index (χ3v) is 74.3. The minimum Gasteiger partial charge on any atom is -0.120 e. The van der Waals surface area contributed by atoms with E-state index in [1.807, 2.05) is 0 Å². The average Bonchev–Trinajstić information content (AvgIpc) is 2.01. The maximum atomic E-state index is 2.90. The molecule has 0 aliphatic carbocycles. The summed E-state index contributed by atoms with van der Waals surface area (Å²) in [5.74, 6) is 0. The number of rotatable bonds is 4. The van der Waals surface area contributed by atoms with E-state index in [1.165, 1.54) is 0 Å². The van der Waals surface area contributed by atoms with Gasteiger partial charge in [0, 0.05) is 0 Å². The van der Waals surface area contributed by atoms with Crippen molar-refractivity contribution in [1.82, 2.24) is 0 Å². The first-order chi connectivity index (χ1) is 6.08. The van der Waals surface area contributed by atoms with E-state index in [0.717, 1.165) is 16.6 Å². The van der Waals surface area contributed by atoms with Crippen LogP contribution in [0.5, 0.6) is 0 Å². The van der Waals surface area contributed by atoms with Gasteiger partial charge in [-0.05, 0) is 16.6 Å². The van der Waals surface area contributed by atoms with Crippen molar-refractivity contribution in [3.05, 3.63) is 0 Å². The average molecular weight is 566 g/mol. The summed E-state index contributed by atoms with van der Waals surface area (Å²) in [5.41, 5.74) is 2.72. The van der Waals surface area contributed by atoms with Gasteiger partial charge in [-0.15, -0.1) is 65.4 Å². The zero-order chi connectivity index (χ0) is 11.7. The van der Waals surface area contributed by atoms with Crippen LogP contribution < -0.4 is 0 Å². The van der Waals surface area contributed by atoms with E-state index in [1.54, 1.807) is 0 Å². The molecular weight excluding hydrogens is 545 g/mol. The van der Waals surface area contributed by atoms with Gasteiger partial charge in [-0.2, -0.15) is 0 Å². The molecular formula is C9H21I3Si2. The van der Waals surface area contributed by atoms with E-state index in [9.17, 15) is 0 Å². The highest BCUT2D eigenvalue weighted by atomic mass is 127. The minimum atomic E-state index is -1.11. The summed E-state index contributed by atoms with van der Waals surface area (Å²) in [6.45, 7) is 14.6. The molecule has 0 saturated heterocycles. The van der Waals surface area contributed by atoms with E-state index in [0.29, 0.717) is 0 Å². The Balaban J connectivity index is 5.21. The molecule has 0 N–H and O–H groups in total. The van der Waals surface area contributed by atoms with E-state index in [2.05, 4.69) is 107 Å². The molecule has 0 spiro atoms. The molecule has 0 aliphatic rings. The van der Waals surface area contributed by atoms with E-state index in [-0.39, 0.29) is 0 Å². The Bertz CT molecular complexity index is 182. The van der Waals surface area contributed by atoms with E-state index in [4.69, 9.17) is 0 Å². The van der Waals surface area contributed by atoms with E-state index >= 15 is 0 Å². The van der Waals surface area contributed by atoms with Gasteiger partial charge in [0.25, 0.3) is 0 Å². The van der Waals surface area contributed by atoms with Crippen molar-refractivity contribution in [1.29, 1.82) is 0 Å². The van der Waals surface area contributed by atoms with E-state index < -0.39 is 7.67 Å². The van der Waals surface area contributed by atoms with Crippen molar-refractivity contribution < 1.29 is 0 Å². The van der Waals surface area contributed by atoms with Gasteiger partial charge in [0.15, 0.2) is 2.58 Å². The molecule has 0 unspecified atom stereocenters. The largest absolute Gasteiger partial charge is 0.196 e. The molecule has 86 valence electrons. The Morgan fingerprint density at radius 1 is 0.643 bits per heavy atom.